The molecule has 3 nitrogen and oxygen atoms in total. The first kappa shape index (κ1) is 12.0. The first-order valence-corrected chi connectivity index (χ1v) is 5.55. The number of hydrogen-bond donors (Lipinski definition) is 0. The highest BCUT2D eigenvalue weighted by atomic mass is 16.6. The van der Waals surface area contributed by atoms with Gasteiger partial charge in [-0.05, 0) is 19.1 Å². The lowest BCUT2D eigenvalue weighted by Gasteiger charge is -1.86. The number of carbonyl (C=O) groups excluding carboxylic acids is 2. The van der Waals surface area contributed by atoms with Gasteiger partial charge in [0.1, 0.15) is 0 Å². The molecule has 90 valence electrons. The molecule has 3 rings (SSSR count). The Morgan fingerprint density at radius 3 is 1.56 bits per heavy atom. The highest BCUT2D eigenvalue weighted by molar-refractivity contribution is 6.14. The van der Waals surface area contributed by atoms with E-state index in [-0.39, 0.29) is 0 Å². The van der Waals surface area contributed by atoms with Crippen LogP contribution in [0.25, 0.3) is 0 Å². The Morgan fingerprint density at radius 2 is 1.17 bits per heavy atom. The standard InChI is InChI=1S/C8H4O3.C7H8/c9-7-5-3-1-2-4-6(5)8(10)11-7;1-7-5-3-2-4-6-7/h1-4H;2-6H,1H3. The first-order chi connectivity index (χ1) is 8.68. The van der Waals surface area contributed by atoms with Crippen LogP contribution in [0.4, 0.5) is 0 Å². The molecule has 2 aromatic rings. The number of carbonyl (C=O) groups is 2. The van der Waals surface area contributed by atoms with Crippen LogP contribution in [0.1, 0.15) is 26.3 Å². The zero-order valence-electron chi connectivity index (χ0n) is 9.92. The van der Waals surface area contributed by atoms with Crippen LogP contribution in [-0.4, -0.2) is 11.9 Å². The van der Waals surface area contributed by atoms with E-state index in [4.69, 9.17) is 0 Å². The van der Waals surface area contributed by atoms with Gasteiger partial charge in [0.15, 0.2) is 0 Å². The third-order valence-electron chi connectivity index (χ3n) is 2.49. The molecule has 0 N–H and O–H groups in total. The predicted molar refractivity (Wildman–Crippen MR) is 67.4 cm³/mol. The van der Waals surface area contributed by atoms with Gasteiger partial charge in [-0.15, -0.1) is 0 Å². The molecule has 2 aromatic carbocycles. The summed E-state index contributed by atoms with van der Waals surface area (Å²) in [6, 6.07) is 16.8. The van der Waals surface area contributed by atoms with Gasteiger partial charge in [-0.3, -0.25) is 0 Å². The zero-order chi connectivity index (χ0) is 13.0. The molecule has 0 saturated heterocycles. The van der Waals surface area contributed by atoms with E-state index >= 15 is 0 Å². The van der Waals surface area contributed by atoms with E-state index in [2.05, 4.69) is 23.8 Å². The van der Waals surface area contributed by atoms with Crippen molar-refractivity contribution >= 4 is 11.9 Å². The van der Waals surface area contributed by atoms with Crippen molar-refractivity contribution in [1.29, 1.82) is 0 Å². The molecular formula is C15H12O3. The van der Waals surface area contributed by atoms with Crippen LogP contribution in [0, 0.1) is 6.92 Å². The van der Waals surface area contributed by atoms with Crippen molar-refractivity contribution in [3.05, 3.63) is 71.3 Å². The Hall–Kier alpha value is -2.42. The monoisotopic (exact) mass is 240 g/mol. The first-order valence-electron chi connectivity index (χ1n) is 5.55. The van der Waals surface area contributed by atoms with Crippen LogP contribution in [0.5, 0.6) is 0 Å². The second-order valence-corrected chi connectivity index (χ2v) is 3.88. The normalized spacial score (nSPS) is 12.3. The molecule has 18 heavy (non-hydrogen) atoms. The fraction of sp³-hybridized carbons (Fsp3) is 0.0667. The number of benzene rings is 2. The lowest BCUT2D eigenvalue weighted by atomic mass is 10.1. The maximum Gasteiger partial charge on any atom is 0.346 e. The molecule has 0 atom stereocenters. The fourth-order valence-corrected chi connectivity index (χ4v) is 1.57. The van der Waals surface area contributed by atoms with Crippen molar-refractivity contribution in [3.63, 3.8) is 0 Å². The minimum atomic E-state index is -0.550. The Labute approximate surface area is 105 Å². The number of cyclic esters (lactones) is 2. The van der Waals surface area contributed by atoms with E-state index in [1.54, 1.807) is 24.3 Å². The van der Waals surface area contributed by atoms with E-state index in [0.29, 0.717) is 11.1 Å². The molecule has 1 heterocycles. The molecule has 0 unspecified atom stereocenters. The zero-order valence-corrected chi connectivity index (χ0v) is 9.92. The van der Waals surface area contributed by atoms with E-state index < -0.39 is 11.9 Å². The second kappa shape index (κ2) is 5.27. The topological polar surface area (TPSA) is 43.4 Å². The molecule has 3 heteroatoms. The van der Waals surface area contributed by atoms with Crippen molar-refractivity contribution < 1.29 is 14.3 Å². The van der Waals surface area contributed by atoms with E-state index in [0.717, 1.165) is 0 Å². The smallest absolute Gasteiger partial charge is 0.346 e. The summed E-state index contributed by atoms with van der Waals surface area (Å²) < 4.78 is 4.35. The van der Waals surface area contributed by atoms with E-state index in [1.807, 2.05) is 18.2 Å². The summed E-state index contributed by atoms with van der Waals surface area (Å²) in [5.74, 6) is -1.10. The number of fused-ring (bicyclic) bond motifs is 1. The van der Waals surface area contributed by atoms with E-state index in [1.165, 1.54) is 5.56 Å². The summed E-state index contributed by atoms with van der Waals surface area (Å²) in [4.78, 5) is 21.7. The van der Waals surface area contributed by atoms with Crippen LogP contribution in [0.2, 0.25) is 0 Å². The summed E-state index contributed by atoms with van der Waals surface area (Å²) in [5.41, 5.74) is 2.04. The molecule has 1 aliphatic rings. The Kier molecular flexibility index (Phi) is 3.53. The highest BCUT2D eigenvalue weighted by Gasteiger charge is 2.28. The quantitative estimate of drug-likeness (QED) is 0.525. The lowest BCUT2D eigenvalue weighted by Crippen LogP contribution is -1.96. The van der Waals surface area contributed by atoms with Gasteiger partial charge in [0.25, 0.3) is 0 Å². The maximum absolute atomic E-state index is 10.8. The SMILES string of the molecule is Cc1ccccc1.O=C1OC(=O)c2ccccc21. The molecule has 0 amide bonds. The summed E-state index contributed by atoms with van der Waals surface area (Å²) in [7, 11) is 0. The van der Waals surface area contributed by atoms with E-state index in [9.17, 15) is 9.59 Å². The average molecular weight is 240 g/mol. The van der Waals surface area contributed by atoms with Crippen LogP contribution < -0.4 is 0 Å². The van der Waals surface area contributed by atoms with Gasteiger partial charge in [-0.2, -0.15) is 0 Å². The molecular weight excluding hydrogens is 228 g/mol. The molecule has 0 aromatic heterocycles. The van der Waals surface area contributed by atoms with Crippen LogP contribution in [0.3, 0.4) is 0 Å². The van der Waals surface area contributed by atoms with Gasteiger partial charge in [-0.1, -0.05) is 48.0 Å². The summed E-state index contributed by atoms with van der Waals surface area (Å²) in [6.45, 7) is 2.08. The van der Waals surface area contributed by atoms with Gasteiger partial charge in [0, 0.05) is 0 Å². The lowest BCUT2D eigenvalue weighted by molar-refractivity contribution is 0.0444. The Bertz CT molecular complexity index is 540. The molecule has 1 aliphatic heterocycles. The van der Waals surface area contributed by atoms with Crippen LogP contribution in [0.15, 0.2) is 54.6 Å². The summed E-state index contributed by atoms with van der Waals surface area (Å²) in [6.07, 6.45) is 0. The predicted octanol–water partition coefficient (Wildman–Crippen LogP) is 2.99. The van der Waals surface area contributed by atoms with Gasteiger partial charge in [-0.25, -0.2) is 9.59 Å². The minimum absolute atomic E-state index is 0.359. The van der Waals surface area contributed by atoms with Gasteiger partial charge >= 0.3 is 11.9 Å². The molecule has 0 bridgehead atoms. The Balaban J connectivity index is 0.000000149. The Morgan fingerprint density at radius 1 is 0.722 bits per heavy atom. The number of ether oxygens (including phenoxy) is 1. The number of rotatable bonds is 0. The van der Waals surface area contributed by atoms with Crippen LogP contribution in [-0.2, 0) is 4.74 Å². The fourth-order valence-electron chi connectivity index (χ4n) is 1.57. The van der Waals surface area contributed by atoms with Gasteiger partial charge in [0.2, 0.25) is 0 Å². The van der Waals surface area contributed by atoms with Gasteiger partial charge < -0.3 is 4.74 Å². The minimum Gasteiger partial charge on any atom is -0.386 e. The third-order valence-corrected chi connectivity index (χ3v) is 2.49. The molecule has 0 spiro atoms. The van der Waals surface area contributed by atoms with Crippen molar-refractivity contribution in [3.8, 4) is 0 Å². The molecule has 0 radical (unpaired) electrons. The highest BCUT2D eigenvalue weighted by Crippen LogP contribution is 2.18. The average Bonchev–Trinajstić information content (AvgIpc) is 2.68. The van der Waals surface area contributed by atoms with Crippen molar-refractivity contribution in [2.45, 2.75) is 6.92 Å². The van der Waals surface area contributed by atoms with Crippen molar-refractivity contribution in [1.82, 2.24) is 0 Å². The maximum atomic E-state index is 10.8. The van der Waals surface area contributed by atoms with Crippen molar-refractivity contribution in [2.24, 2.45) is 0 Å². The number of hydrogen-bond acceptors (Lipinski definition) is 3. The largest absolute Gasteiger partial charge is 0.386 e. The van der Waals surface area contributed by atoms with Crippen molar-refractivity contribution in [2.75, 3.05) is 0 Å². The van der Waals surface area contributed by atoms with Crippen LogP contribution >= 0.6 is 0 Å². The summed E-state index contributed by atoms with van der Waals surface area (Å²) >= 11 is 0. The molecule has 0 saturated carbocycles. The summed E-state index contributed by atoms with van der Waals surface area (Å²) in [5, 5.41) is 0. The van der Waals surface area contributed by atoms with Gasteiger partial charge in [0.05, 0.1) is 11.1 Å². The molecule has 0 aliphatic carbocycles. The third kappa shape index (κ3) is 2.63. The number of aryl methyl sites for hydroxylation is 1. The molecule has 0 fully saturated rings. The number of esters is 2. The second-order valence-electron chi connectivity index (χ2n) is 3.88.